The van der Waals surface area contributed by atoms with Crippen LogP contribution in [0.3, 0.4) is 0 Å². The molecule has 2 aromatic heterocycles. The standard InChI is InChI=1S/C15H20N2S2/c1-10-7-13(11(2)19-10)14(8-16)17-5-3-15-12(9-17)4-6-18-15/h4,6-7,14H,3,5,8-9,16H2,1-2H3. The van der Waals surface area contributed by atoms with Crippen molar-refractivity contribution in [3.05, 3.63) is 43.3 Å². The predicted octanol–water partition coefficient (Wildman–Crippen LogP) is 3.48. The van der Waals surface area contributed by atoms with Crippen molar-refractivity contribution >= 4 is 22.7 Å². The van der Waals surface area contributed by atoms with E-state index in [0.717, 1.165) is 13.1 Å². The van der Waals surface area contributed by atoms with Crippen molar-refractivity contribution in [3.63, 3.8) is 0 Å². The van der Waals surface area contributed by atoms with E-state index in [2.05, 4.69) is 36.3 Å². The van der Waals surface area contributed by atoms with Crippen molar-refractivity contribution in [2.24, 2.45) is 5.73 Å². The number of hydrogen-bond donors (Lipinski definition) is 1. The first-order valence-corrected chi connectivity index (χ1v) is 8.45. The highest BCUT2D eigenvalue weighted by molar-refractivity contribution is 7.12. The Balaban J connectivity index is 1.86. The molecule has 102 valence electrons. The minimum Gasteiger partial charge on any atom is -0.329 e. The van der Waals surface area contributed by atoms with E-state index in [1.807, 2.05) is 22.7 Å². The largest absolute Gasteiger partial charge is 0.329 e. The molecule has 0 radical (unpaired) electrons. The van der Waals surface area contributed by atoms with Crippen molar-refractivity contribution in [1.29, 1.82) is 0 Å². The maximum Gasteiger partial charge on any atom is 0.0485 e. The summed E-state index contributed by atoms with van der Waals surface area (Å²) in [4.78, 5) is 6.91. The van der Waals surface area contributed by atoms with E-state index in [-0.39, 0.29) is 0 Å². The van der Waals surface area contributed by atoms with E-state index in [4.69, 9.17) is 5.73 Å². The molecule has 4 heteroatoms. The lowest BCUT2D eigenvalue weighted by Gasteiger charge is -2.34. The van der Waals surface area contributed by atoms with E-state index in [0.29, 0.717) is 12.6 Å². The summed E-state index contributed by atoms with van der Waals surface area (Å²) >= 11 is 3.78. The van der Waals surface area contributed by atoms with Gasteiger partial charge in [-0.05, 0) is 48.9 Å². The first-order valence-electron chi connectivity index (χ1n) is 6.75. The molecule has 3 rings (SSSR count). The highest BCUT2D eigenvalue weighted by Crippen LogP contribution is 2.33. The minimum atomic E-state index is 0.373. The predicted molar refractivity (Wildman–Crippen MR) is 84.0 cm³/mol. The fourth-order valence-electron chi connectivity index (χ4n) is 2.99. The fourth-order valence-corrected chi connectivity index (χ4v) is 4.86. The van der Waals surface area contributed by atoms with Gasteiger partial charge in [0, 0.05) is 40.3 Å². The number of hydrogen-bond acceptors (Lipinski definition) is 4. The summed E-state index contributed by atoms with van der Waals surface area (Å²) in [6.45, 7) is 7.28. The second kappa shape index (κ2) is 5.37. The van der Waals surface area contributed by atoms with Gasteiger partial charge in [0.15, 0.2) is 0 Å². The van der Waals surface area contributed by atoms with Crippen molar-refractivity contribution in [3.8, 4) is 0 Å². The van der Waals surface area contributed by atoms with Gasteiger partial charge in [-0.2, -0.15) is 0 Å². The molecule has 2 aromatic rings. The minimum absolute atomic E-state index is 0.373. The van der Waals surface area contributed by atoms with Crippen LogP contribution in [-0.2, 0) is 13.0 Å². The van der Waals surface area contributed by atoms with Gasteiger partial charge in [-0.1, -0.05) is 0 Å². The lowest BCUT2D eigenvalue weighted by Crippen LogP contribution is -2.37. The summed E-state index contributed by atoms with van der Waals surface area (Å²) in [5.74, 6) is 0. The third-order valence-corrected chi connectivity index (χ3v) is 5.94. The molecule has 2 N–H and O–H groups in total. The zero-order chi connectivity index (χ0) is 13.4. The SMILES string of the molecule is Cc1cc(C(CN)N2CCc3sccc3C2)c(C)s1. The number of nitrogens with two attached hydrogens (primary N) is 1. The van der Waals surface area contributed by atoms with Gasteiger partial charge in [-0.15, -0.1) is 22.7 Å². The smallest absolute Gasteiger partial charge is 0.0485 e. The summed E-state index contributed by atoms with van der Waals surface area (Å²) in [7, 11) is 0. The Morgan fingerprint density at radius 3 is 2.95 bits per heavy atom. The summed E-state index contributed by atoms with van der Waals surface area (Å²) in [5.41, 5.74) is 9.01. The summed E-state index contributed by atoms with van der Waals surface area (Å²) in [6, 6.07) is 4.96. The van der Waals surface area contributed by atoms with Crippen LogP contribution in [0.1, 0.15) is 31.8 Å². The second-order valence-electron chi connectivity index (χ2n) is 5.21. The van der Waals surface area contributed by atoms with Gasteiger partial charge in [-0.3, -0.25) is 4.90 Å². The van der Waals surface area contributed by atoms with Crippen molar-refractivity contribution in [2.45, 2.75) is 32.9 Å². The molecule has 0 aromatic carbocycles. The van der Waals surface area contributed by atoms with Crippen LogP contribution < -0.4 is 5.73 Å². The topological polar surface area (TPSA) is 29.3 Å². The number of fused-ring (bicyclic) bond motifs is 1. The van der Waals surface area contributed by atoms with Crippen LogP contribution in [-0.4, -0.2) is 18.0 Å². The fraction of sp³-hybridized carbons (Fsp3) is 0.467. The molecule has 19 heavy (non-hydrogen) atoms. The number of nitrogens with zero attached hydrogens (tertiary/aromatic N) is 1. The van der Waals surface area contributed by atoms with Gasteiger partial charge >= 0.3 is 0 Å². The highest BCUT2D eigenvalue weighted by Gasteiger charge is 2.26. The Kier molecular flexibility index (Phi) is 3.76. The molecule has 0 saturated heterocycles. The summed E-state index contributed by atoms with van der Waals surface area (Å²) in [5, 5.41) is 2.21. The molecule has 0 bridgehead atoms. The Labute approximate surface area is 122 Å². The maximum absolute atomic E-state index is 6.07. The molecular formula is C15H20N2S2. The molecular weight excluding hydrogens is 272 g/mol. The molecule has 3 heterocycles. The molecule has 0 fully saturated rings. The van der Waals surface area contributed by atoms with E-state index >= 15 is 0 Å². The van der Waals surface area contributed by atoms with Gasteiger partial charge in [0.05, 0.1) is 0 Å². The van der Waals surface area contributed by atoms with Crippen LogP contribution >= 0.6 is 22.7 Å². The summed E-state index contributed by atoms with van der Waals surface area (Å²) in [6.07, 6.45) is 1.17. The van der Waals surface area contributed by atoms with E-state index in [1.54, 1.807) is 4.88 Å². The molecule has 1 aliphatic rings. The Morgan fingerprint density at radius 2 is 2.26 bits per heavy atom. The molecule has 1 atom stereocenters. The van der Waals surface area contributed by atoms with Crippen molar-refractivity contribution < 1.29 is 0 Å². The zero-order valence-electron chi connectivity index (χ0n) is 11.5. The molecule has 2 nitrogen and oxygen atoms in total. The van der Waals surface area contributed by atoms with Gasteiger partial charge in [0.1, 0.15) is 0 Å². The van der Waals surface area contributed by atoms with E-state index in [9.17, 15) is 0 Å². The Bertz CT molecular complexity index is 570. The lowest BCUT2D eigenvalue weighted by atomic mass is 10.0. The van der Waals surface area contributed by atoms with Crippen LogP contribution in [0.25, 0.3) is 0 Å². The summed E-state index contributed by atoms with van der Waals surface area (Å²) < 4.78 is 0. The van der Waals surface area contributed by atoms with Gasteiger partial charge < -0.3 is 5.73 Å². The molecule has 1 unspecified atom stereocenters. The third-order valence-electron chi connectivity index (χ3n) is 3.94. The average molecular weight is 292 g/mol. The van der Waals surface area contributed by atoms with E-state index < -0.39 is 0 Å². The Morgan fingerprint density at radius 1 is 1.42 bits per heavy atom. The normalized spacial score (nSPS) is 17.4. The number of aryl methyl sites for hydroxylation is 2. The van der Waals surface area contributed by atoms with Crippen LogP contribution in [0.5, 0.6) is 0 Å². The highest BCUT2D eigenvalue weighted by atomic mass is 32.1. The monoisotopic (exact) mass is 292 g/mol. The van der Waals surface area contributed by atoms with Crippen molar-refractivity contribution in [2.75, 3.05) is 13.1 Å². The molecule has 0 saturated carbocycles. The zero-order valence-corrected chi connectivity index (χ0v) is 13.1. The van der Waals surface area contributed by atoms with Gasteiger partial charge in [0.2, 0.25) is 0 Å². The quantitative estimate of drug-likeness (QED) is 0.938. The number of thiophene rings is 2. The second-order valence-corrected chi connectivity index (χ2v) is 7.67. The maximum atomic E-state index is 6.07. The van der Waals surface area contributed by atoms with Gasteiger partial charge in [0.25, 0.3) is 0 Å². The molecule has 0 aliphatic carbocycles. The third kappa shape index (κ3) is 2.50. The van der Waals surface area contributed by atoms with Crippen LogP contribution in [0.4, 0.5) is 0 Å². The molecule has 0 spiro atoms. The average Bonchev–Trinajstić information content (AvgIpc) is 2.97. The first-order chi connectivity index (χ1) is 9.19. The molecule has 1 aliphatic heterocycles. The van der Waals surface area contributed by atoms with Crippen LogP contribution in [0.15, 0.2) is 17.5 Å². The van der Waals surface area contributed by atoms with Gasteiger partial charge in [-0.25, -0.2) is 0 Å². The van der Waals surface area contributed by atoms with Crippen LogP contribution in [0, 0.1) is 13.8 Å². The Hall–Kier alpha value is -0.680. The van der Waals surface area contributed by atoms with Crippen LogP contribution in [0.2, 0.25) is 0 Å². The lowest BCUT2D eigenvalue weighted by molar-refractivity contribution is 0.185. The van der Waals surface area contributed by atoms with E-state index in [1.165, 1.54) is 27.3 Å². The van der Waals surface area contributed by atoms with Crippen molar-refractivity contribution in [1.82, 2.24) is 4.90 Å². The molecule has 0 amide bonds. The first kappa shape index (κ1) is 13.3. The number of rotatable bonds is 3.